The summed E-state index contributed by atoms with van der Waals surface area (Å²) in [6.45, 7) is 6.36. The molecule has 0 unspecified atom stereocenters. The SMILES string of the molecule is CN=C(NCc1ccc(S(=O)(=O)N2CCCC2)cc1)NCC(C)(C)c1cccc(F)c1.I. The molecule has 1 saturated heterocycles. The quantitative estimate of drug-likeness (QED) is 0.299. The van der Waals surface area contributed by atoms with Crippen molar-refractivity contribution in [2.75, 3.05) is 26.7 Å². The van der Waals surface area contributed by atoms with E-state index in [0.29, 0.717) is 37.0 Å². The van der Waals surface area contributed by atoms with Crippen molar-refractivity contribution in [2.45, 2.75) is 43.5 Å². The zero-order valence-corrected chi connectivity index (χ0v) is 21.9. The Morgan fingerprint density at radius 3 is 2.34 bits per heavy atom. The number of hydrogen-bond donors (Lipinski definition) is 2. The number of rotatable bonds is 7. The minimum Gasteiger partial charge on any atom is -0.356 e. The Morgan fingerprint density at radius 2 is 1.75 bits per heavy atom. The topological polar surface area (TPSA) is 73.8 Å². The van der Waals surface area contributed by atoms with Crippen LogP contribution in [0.5, 0.6) is 0 Å². The molecule has 0 radical (unpaired) electrons. The first-order valence-electron chi connectivity index (χ1n) is 10.5. The van der Waals surface area contributed by atoms with Gasteiger partial charge in [-0.05, 0) is 48.2 Å². The van der Waals surface area contributed by atoms with Crippen molar-refractivity contribution in [3.05, 3.63) is 65.5 Å². The van der Waals surface area contributed by atoms with E-state index in [1.807, 2.05) is 32.0 Å². The Bertz CT molecular complexity index is 1020. The highest BCUT2D eigenvalue weighted by atomic mass is 127. The van der Waals surface area contributed by atoms with Crippen LogP contribution in [0.1, 0.15) is 37.8 Å². The third-order valence-electron chi connectivity index (χ3n) is 5.61. The Kier molecular flexibility index (Phi) is 9.47. The van der Waals surface area contributed by atoms with Crippen LogP contribution in [0.2, 0.25) is 0 Å². The number of benzene rings is 2. The van der Waals surface area contributed by atoms with Crippen molar-refractivity contribution in [3.8, 4) is 0 Å². The van der Waals surface area contributed by atoms with Gasteiger partial charge in [-0.2, -0.15) is 4.31 Å². The predicted molar refractivity (Wildman–Crippen MR) is 137 cm³/mol. The van der Waals surface area contributed by atoms with E-state index in [1.165, 1.54) is 6.07 Å². The maximum absolute atomic E-state index is 13.6. The van der Waals surface area contributed by atoms with Crippen molar-refractivity contribution in [1.82, 2.24) is 14.9 Å². The molecule has 6 nitrogen and oxygen atoms in total. The standard InChI is InChI=1S/C23H31FN4O2S.HI/c1-23(2,19-7-6-8-20(24)15-19)17-27-22(25-3)26-16-18-9-11-21(12-10-18)31(29,30)28-13-4-5-14-28;/h6-12,15H,4-5,13-14,16-17H2,1-3H3,(H2,25,26,27);1H. The lowest BCUT2D eigenvalue weighted by Gasteiger charge is -2.27. The zero-order chi connectivity index (χ0) is 22.5. The van der Waals surface area contributed by atoms with Crippen molar-refractivity contribution in [1.29, 1.82) is 0 Å². The maximum Gasteiger partial charge on any atom is 0.243 e. The van der Waals surface area contributed by atoms with Crippen LogP contribution >= 0.6 is 24.0 Å². The van der Waals surface area contributed by atoms with Crippen LogP contribution in [0.25, 0.3) is 0 Å². The van der Waals surface area contributed by atoms with Crippen molar-refractivity contribution >= 4 is 40.0 Å². The molecule has 1 aliphatic rings. The molecular weight excluding hydrogens is 542 g/mol. The molecule has 1 aliphatic heterocycles. The van der Waals surface area contributed by atoms with E-state index in [-0.39, 0.29) is 35.2 Å². The highest BCUT2D eigenvalue weighted by Crippen LogP contribution is 2.23. The van der Waals surface area contributed by atoms with Gasteiger partial charge >= 0.3 is 0 Å². The molecule has 2 aromatic carbocycles. The summed E-state index contributed by atoms with van der Waals surface area (Å²) in [5.74, 6) is 0.376. The number of aliphatic imine (C=N–C) groups is 1. The largest absolute Gasteiger partial charge is 0.356 e. The van der Waals surface area contributed by atoms with E-state index in [1.54, 1.807) is 35.6 Å². The van der Waals surface area contributed by atoms with Crippen LogP contribution < -0.4 is 10.6 Å². The Labute approximate surface area is 207 Å². The van der Waals surface area contributed by atoms with Crippen LogP contribution in [0.15, 0.2) is 58.4 Å². The summed E-state index contributed by atoms with van der Waals surface area (Å²) in [4.78, 5) is 4.58. The average molecular weight is 575 g/mol. The maximum atomic E-state index is 13.6. The fourth-order valence-corrected chi connectivity index (χ4v) is 5.10. The summed E-state index contributed by atoms with van der Waals surface area (Å²) >= 11 is 0. The molecule has 32 heavy (non-hydrogen) atoms. The average Bonchev–Trinajstić information content (AvgIpc) is 3.30. The highest BCUT2D eigenvalue weighted by molar-refractivity contribution is 14.0. The first-order chi connectivity index (χ1) is 14.7. The molecule has 0 spiro atoms. The molecule has 0 saturated carbocycles. The Balaban J connectivity index is 0.00000363. The van der Waals surface area contributed by atoms with Crippen molar-refractivity contribution in [3.63, 3.8) is 0 Å². The molecule has 2 aromatic rings. The van der Waals surface area contributed by atoms with E-state index in [0.717, 1.165) is 24.0 Å². The molecule has 176 valence electrons. The van der Waals surface area contributed by atoms with Gasteiger partial charge in [0.15, 0.2) is 5.96 Å². The van der Waals surface area contributed by atoms with Gasteiger partial charge in [-0.3, -0.25) is 4.99 Å². The van der Waals surface area contributed by atoms with Crippen molar-refractivity contribution in [2.24, 2.45) is 4.99 Å². The van der Waals surface area contributed by atoms with Crippen molar-refractivity contribution < 1.29 is 12.8 Å². The summed E-state index contributed by atoms with van der Waals surface area (Å²) in [5.41, 5.74) is 1.57. The van der Waals surface area contributed by atoms with E-state index < -0.39 is 10.0 Å². The third kappa shape index (κ3) is 6.64. The molecule has 2 N–H and O–H groups in total. The minimum atomic E-state index is -3.40. The number of guanidine groups is 1. The van der Waals surface area contributed by atoms with E-state index >= 15 is 0 Å². The van der Waals surface area contributed by atoms with Crippen LogP contribution in [0.4, 0.5) is 4.39 Å². The summed E-state index contributed by atoms with van der Waals surface area (Å²) in [7, 11) is -1.70. The minimum absolute atomic E-state index is 0. The van der Waals surface area contributed by atoms with E-state index in [2.05, 4.69) is 15.6 Å². The molecule has 0 amide bonds. The van der Waals surface area contributed by atoms with Gasteiger partial charge in [-0.1, -0.05) is 38.1 Å². The lowest BCUT2D eigenvalue weighted by Crippen LogP contribution is -2.43. The smallest absolute Gasteiger partial charge is 0.243 e. The molecule has 0 bridgehead atoms. The lowest BCUT2D eigenvalue weighted by atomic mass is 9.84. The van der Waals surface area contributed by atoms with Gasteiger partial charge in [0.1, 0.15) is 5.82 Å². The van der Waals surface area contributed by atoms with Crippen LogP contribution in [0.3, 0.4) is 0 Å². The fraction of sp³-hybridized carbons (Fsp3) is 0.435. The second kappa shape index (κ2) is 11.4. The van der Waals surface area contributed by atoms with Gasteiger partial charge in [0.05, 0.1) is 4.90 Å². The number of sulfonamides is 1. The van der Waals surface area contributed by atoms with Gasteiger partial charge < -0.3 is 10.6 Å². The summed E-state index contributed by atoms with van der Waals surface area (Å²) in [5, 5.41) is 6.52. The fourth-order valence-electron chi connectivity index (χ4n) is 3.58. The Morgan fingerprint density at radius 1 is 1.09 bits per heavy atom. The van der Waals surface area contributed by atoms with Gasteiger partial charge in [0.25, 0.3) is 0 Å². The van der Waals surface area contributed by atoms with Gasteiger partial charge in [-0.15, -0.1) is 24.0 Å². The first kappa shape index (κ1) is 26.5. The predicted octanol–water partition coefficient (Wildman–Crippen LogP) is 3.87. The molecule has 0 aliphatic carbocycles. The van der Waals surface area contributed by atoms with Gasteiger partial charge in [-0.25, -0.2) is 12.8 Å². The summed E-state index contributed by atoms with van der Waals surface area (Å²) < 4.78 is 40.4. The summed E-state index contributed by atoms with van der Waals surface area (Å²) in [6, 6.07) is 13.6. The third-order valence-corrected chi connectivity index (χ3v) is 7.53. The lowest BCUT2D eigenvalue weighted by molar-refractivity contribution is 0.477. The Hall–Kier alpha value is -1.72. The zero-order valence-electron chi connectivity index (χ0n) is 18.8. The number of halogens is 2. The normalized spacial score (nSPS) is 15.3. The molecule has 3 rings (SSSR count). The number of nitrogens with one attached hydrogen (secondary N) is 2. The highest BCUT2D eigenvalue weighted by Gasteiger charge is 2.27. The second-order valence-electron chi connectivity index (χ2n) is 8.43. The molecule has 9 heteroatoms. The molecular formula is C23H32FIN4O2S. The van der Waals surface area contributed by atoms with E-state index in [4.69, 9.17) is 0 Å². The molecule has 0 aromatic heterocycles. The van der Waals surface area contributed by atoms with Gasteiger partial charge in [0, 0.05) is 38.6 Å². The van der Waals surface area contributed by atoms with Gasteiger partial charge in [0.2, 0.25) is 10.0 Å². The monoisotopic (exact) mass is 574 g/mol. The molecule has 1 fully saturated rings. The number of hydrogen-bond acceptors (Lipinski definition) is 3. The van der Waals surface area contributed by atoms with Crippen LogP contribution in [0, 0.1) is 5.82 Å². The second-order valence-corrected chi connectivity index (χ2v) is 10.4. The van der Waals surface area contributed by atoms with Crippen LogP contribution in [-0.4, -0.2) is 45.4 Å². The molecule has 0 atom stereocenters. The summed E-state index contributed by atoms with van der Waals surface area (Å²) in [6.07, 6.45) is 1.84. The van der Waals surface area contributed by atoms with Crippen LogP contribution in [-0.2, 0) is 22.0 Å². The molecule has 1 heterocycles. The van der Waals surface area contributed by atoms with E-state index in [9.17, 15) is 12.8 Å². The first-order valence-corrected chi connectivity index (χ1v) is 12.0. The number of nitrogens with zero attached hydrogens (tertiary/aromatic N) is 2.